The summed E-state index contributed by atoms with van der Waals surface area (Å²) in [5, 5.41) is 0. The molecule has 0 amide bonds. The minimum Gasteiger partial charge on any atom is -0.489 e. The molecular formula is C21H23F3O. The zero-order valence-corrected chi connectivity index (χ0v) is 14.4. The van der Waals surface area contributed by atoms with E-state index in [1.54, 1.807) is 0 Å². The van der Waals surface area contributed by atoms with Crippen molar-refractivity contribution in [1.82, 2.24) is 0 Å². The number of hydrogen-bond acceptors (Lipinski definition) is 1. The highest BCUT2D eigenvalue weighted by Gasteiger charge is 2.41. The molecule has 25 heavy (non-hydrogen) atoms. The first-order valence-corrected chi connectivity index (χ1v) is 8.77. The maximum absolute atomic E-state index is 12.8. The highest BCUT2D eigenvalue weighted by atomic mass is 19.4. The van der Waals surface area contributed by atoms with Crippen LogP contribution in [0.15, 0.2) is 48.5 Å². The fraction of sp³-hybridized carbons (Fsp3) is 0.429. The predicted molar refractivity (Wildman–Crippen MR) is 92.7 cm³/mol. The topological polar surface area (TPSA) is 9.23 Å². The zero-order valence-electron chi connectivity index (χ0n) is 14.4. The summed E-state index contributed by atoms with van der Waals surface area (Å²) in [4.78, 5) is 0. The van der Waals surface area contributed by atoms with Crippen molar-refractivity contribution in [3.8, 4) is 5.75 Å². The molecule has 1 saturated carbocycles. The summed E-state index contributed by atoms with van der Waals surface area (Å²) in [6.45, 7) is 2.52. The third-order valence-corrected chi connectivity index (χ3v) is 5.07. The Hall–Kier alpha value is -1.97. The number of rotatable bonds is 4. The van der Waals surface area contributed by atoms with Gasteiger partial charge in [-0.25, -0.2) is 0 Å². The Balaban J connectivity index is 1.53. The van der Waals surface area contributed by atoms with Gasteiger partial charge in [0.05, 0.1) is 5.92 Å². The van der Waals surface area contributed by atoms with E-state index >= 15 is 0 Å². The molecular weight excluding hydrogens is 325 g/mol. The standard InChI is InChI=1S/C21H23F3O/c1-15-2-12-20(13-3-15)25-14-16-4-6-17(7-5-16)18-8-10-19(11-9-18)21(22,23)24/h2-7,12-13,18-19H,8-11,14H2,1H3. The van der Waals surface area contributed by atoms with Crippen LogP contribution in [0, 0.1) is 12.8 Å². The van der Waals surface area contributed by atoms with Gasteiger partial charge < -0.3 is 4.74 Å². The number of alkyl halides is 3. The summed E-state index contributed by atoms with van der Waals surface area (Å²) in [5.74, 6) is -0.0447. The molecule has 0 unspecified atom stereocenters. The first-order chi connectivity index (χ1) is 11.9. The minimum absolute atomic E-state index is 0.241. The summed E-state index contributed by atoms with van der Waals surface area (Å²) in [5.41, 5.74) is 3.39. The molecule has 0 spiro atoms. The van der Waals surface area contributed by atoms with E-state index in [0.29, 0.717) is 19.4 Å². The molecule has 0 atom stereocenters. The highest BCUT2D eigenvalue weighted by Crippen LogP contribution is 2.42. The Kier molecular flexibility index (Phi) is 5.36. The van der Waals surface area contributed by atoms with Crippen LogP contribution in [0.4, 0.5) is 13.2 Å². The molecule has 4 heteroatoms. The van der Waals surface area contributed by atoms with Gasteiger partial charge in [0.1, 0.15) is 12.4 Å². The normalized spacial score (nSPS) is 21.1. The summed E-state index contributed by atoms with van der Waals surface area (Å²) in [7, 11) is 0. The van der Waals surface area contributed by atoms with Crippen LogP contribution >= 0.6 is 0 Å². The van der Waals surface area contributed by atoms with Crippen LogP contribution in [0.2, 0.25) is 0 Å². The van der Waals surface area contributed by atoms with Crippen molar-refractivity contribution >= 4 is 0 Å². The molecule has 0 bridgehead atoms. The number of aryl methyl sites for hydroxylation is 1. The second-order valence-electron chi connectivity index (χ2n) is 6.93. The van der Waals surface area contributed by atoms with Crippen LogP contribution in [0.1, 0.15) is 48.3 Å². The Morgan fingerprint density at radius 1 is 0.880 bits per heavy atom. The first-order valence-electron chi connectivity index (χ1n) is 8.77. The number of ether oxygens (including phenoxy) is 1. The van der Waals surface area contributed by atoms with E-state index in [4.69, 9.17) is 4.74 Å². The Bertz CT molecular complexity index is 666. The molecule has 1 aliphatic rings. The molecule has 0 heterocycles. The maximum atomic E-state index is 12.8. The van der Waals surface area contributed by atoms with Crippen LogP contribution in [-0.4, -0.2) is 6.18 Å². The van der Waals surface area contributed by atoms with Gasteiger partial charge in [-0.2, -0.15) is 13.2 Å². The Morgan fingerprint density at radius 3 is 2.04 bits per heavy atom. The van der Waals surface area contributed by atoms with Crippen molar-refractivity contribution in [1.29, 1.82) is 0 Å². The molecule has 0 aliphatic heterocycles. The highest BCUT2D eigenvalue weighted by molar-refractivity contribution is 5.28. The molecule has 134 valence electrons. The van der Waals surface area contributed by atoms with Crippen LogP contribution < -0.4 is 4.74 Å². The van der Waals surface area contributed by atoms with Gasteiger partial charge in [0.15, 0.2) is 0 Å². The lowest BCUT2D eigenvalue weighted by Crippen LogP contribution is -2.27. The molecule has 0 radical (unpaired) electrons. The van der Waals surface area contributed by atoms with Gasteiger partial charge in [-0.1, -0.05) is 42.0 Å². The van der Waals surface area contributed by atoms with Crippen molar-refractivity contribution in [3.63, 3.8) is 0 Å². The molecule has 3 rings (SSSR count). The lowest BCUT2D eigenvalue weighted by molar-refractivity contribution is -0.182. The van der Waals surface area contributed by atoms with Gasteiger partial charge in [0.2, 0.25) is 0 Å². The Labute approximate surface area is 146 Å². The van der Waals surface area contributed by atoms with Crippen molar-refractivity contribution in [3.05, 3.63) is 65.2 Å². The van der Waals surface area contributed by atoms with E-state index in [1.165, 1.54) is 5.56 Å². The molecule has 2 aromatic rings. The van der Waals surface area contributed by atoms with Gasteiger partial charge in [0.25, 0.3) is 0 Å². The van der Waals surface area contributed by atoms with Gasteiger partial charge in [-0.15, -0.1) is 0 Å². The van der Waals surface area contributed by atoms with E-state index in [1.807, 2.05) is 55.5 Å². The fourth-order valence-corrected chi connectivity index (χ4v) is 3.44. The molecule has 0 N–H and O–H groups in total. The number of halogens is 3. The minimum atomic E-state index is -4.04. The average Bonchev–Trinajstić information content (AvgIpc) is 2.61. The first kappa shape index (κ1) is 17.8. The van der Waals surface area contributed by atoms with Crippen LogP contribution in [0.5, 0.6) is 5.75 Å². The lowest BCUT2D eigenvalue weighted by Gasteiger charge is -2.30. The van der Waals surface area contributed by atoms with Crippen molar-refractivity contribution in [2.45, 2.75) is 51.3 Å². The fourth-order valence-electron chi connectivity index (χ4n) is 3.44. The van der Waals surface area contributed by atoms with E-state index in [9.17, 15) is 13.2 Å². The van der Waals surface area contributed by atoms with E-state index in [2.05, 4.69) is 0 Å². The van der Waals surface area contributed by atoms with Gasteiger partial charge in [-0.3, -0.25) is 0 Å². The van der Waals surface area contributed by atoms with Gasteiger partial charge in [-0.05, 0) is 61.8 Å². The predicted octanol–water partition coefficient (Wildman–Crippen LogP) is 6.41. The number of hydrogen-bond donors (Lipinski definition) is 0. The largest absolute Gasteiger partial charge is 0.489 e. The summed E-state index contributed by atoms with van der Waals surface area (Å²) in [6, 6.07) is 16.0. The second kappa shape index (κ2) is 7.51. The van der Waals surface area contributed by atoms with E-state index < -0.39 is 12.1 Å². The molecule has 0 saturated heterocycles. The molecule has 1 nitrogen and oxygen atoms in total. The maximum Gasteiger partial charge on any atom is 0.391 e. The third kappa shape index (κ3) is 4.77. The SMILES string of the molecule is Cc1ccc(OCc2ccc(C3CCC(C(F)(F)F)CC3)cc2)cc1. The summed E-state index contributed by atoms with van der Waals surface area (Å²) in [6.07, 6.45) is -2.33. The molecule has 2 aromatic carbocycles. The summed E-state index contributed by atoms with van der Waals surface area (Å²) >= 11 is 0. The monoisotopic (exact) mass is 348 g/mol. The average molecular weight is 348 g/mol. The zero-order chi connectivity index (χ0) is 17.9. The van der Waals surface area contributed by atoms with Crippen LogP contribution in [-0.2, 0) is 6.61 Å². The van der Waals surface area contributed by atoms with Crippen molar-refractivity contribution < 1.29 is 17.9 Å². The third-order valence-electron chi connectivity index (χ3n) is 5.07. The van der Waals surface area contributed by atoms with Crippen molar-refractivity contribution in [2.24, 2.45) is 5.92 Å². The number of benzene rings is 2. The molecule has 1 fully saturated rings. The molecule has 1 aliphatic carbocycles. The van der Waals surface area contributed by atoms with Gasteiger partial charge >= 0.3 is 6.18 Å². The Morgan fingerprint density at radius 2 is 1.48 bits per heavy atom. The van der Waals surface area contributed by atoms with Crippen LogP contribution in [0.3, 0.4) is 0 Å². The van der Waals surface area contributed by atoms with E-state index in [-0.39, 0.29) is 18.8 Å². The molecule has 0 aromatic heterocycles. The second-order valence-corrected chi connectivity index (χ2v) is 6.93. The lowest BCUT2D eigenvalue weighted by atomic mass is 9.78. The summed E-state index contributed by atoms with van der Waals surface area (Å²) < 4.78 is 44.0. The van der Waals surface area contributed by atoms with E-state index in [0.717, 1.165) is 16.9 Å². The quantitative estimate of drug-likeness (QED) is 0.620. The smallest absolute Gasteiger partial charge is 0.391 e. The van der Waals surface area contributed by atoms with Crippen LogP contribution in [0.25, 0.3) is 0 Å². The van der Waals surface area contributed by atoms with Gasteiger partial charge in [0, 0.05) is 0 Å². The van der Waals surface area contributed by atoms with Crippen molar-refractivity contribution in [2.75, 3.05) is 0 Å².